The number of fused-ring (bicyclic) bond motifs is 1. The van der Waals surface area contributed by atoms with E-state index in [1.807, 2.05) is 67.5 Å². The van der Waals surface area contributed by atoms with Crippen LogP contribution in [0.15, 0.2) is 48.5 Å². The average molecular weight is 337 g/mol. The number of nitrogens with zero attached hydrogens (tertiary/aromatic N) is 2. The first-order valence-electron chi connectivity index (χ1n) is 8.39. The van der Waals surface area contributed by atoms with E-state index >= 15 is 0 Å². The Balaban J connectivity index is 1.68. The van der Waals surface area contributed by atoms with Gasteiger partial charge in [-0.2, -0.15) is 0 Å². The summed E-state index contributed by atoms with van der Waals surface area (Å²) in [6.45, 7) is 1.95. The molecule has 5 heteroatoms. The topological polar surface area (TPSA) is 52.7 Å². The summed E-state index contributed by atoms with van der Waals surface area (Å²) >= 11 is 0. The minimum absolute atomic E-state index is 0.111. The standard InChI is InChI=1S/C20H23N3O2/c1-14(24)23-18-7-5-4-6-16(18)12-19(23)20(25)21-13-15-8-10-17(11-9-15)22(2)3/h4-11,19H,12-13H2,1-3H3,(H,21,25)/t19-/m0/s1. The third kappa shape index (κ3) is 3.50. The molecule has 130 valence electrons. The Hall–Kier alpha value is -2.82. The van der Waals surface area contributed by atoms with Crippen LogP contribution in [-0.4, -0.2) is 32.0 Å². The van der Waals surface area contributed by atoms with Crippen molar-refractivity contribution in [2.45, 2.75) is 25.9 Å². The lowest BCUT2D eigenvalue weighted by atomic mass is 10.1. The molecule has 0 aliphatic carbocycles. The van der Waals surface area contributed by atoms with Crippen LogP contribution >= 0.6 is 0 Å². The summed E-state index contributed by atoms with van der Waals surface area (Å²) in [6.07, 6.45) is 0.557. The predicted molar refractivity (Wildman–Crippen MR) is 99.7 cm³/mol. The molecule has 3 rings (SSSR count). The zero-order valence-electron chi connectivity index (χ0n) is 14.8. The van der Waals surface area contributed by atoms with E-state index < -0.39 is 6.04 Å². The molecule has 2 amide bonds. The average Bonchev–Trinajstić information content (AvgIpc) is 2.99. The van der Waals surface area contributed by atoms with E-state index in [2.05, 4.69) is 5.32 Å². The molecule has 1 heterocycles. The van der Waals surface area contributed by atoms with Crippen molar-refractivity contribution in [2.75, 3.05) is 23.9 Å². The summed E-state index contributed by atoms with van der Waals surface area (Å²) in [4.78, 5) is 28.3. The molecule has 0 fully saturated rings. The Bertz CT molecular complexity index is 784. The molecule has 0 radical (unpaired) electrons. The minimum Gasteiger partial charge on any atom is -0.378 e. The van der Waals surface area contributed by atoms with E-state index in [1.54, 1.807) is 4.90 Å². The molecule has 1 aliphatic rings. The Kier molecular flexibility index (Phi) is 4.74. The molecule has 2 aromatic rings. The molecule has 0 unspecified atom stereocenters. The van der Waals surface area contributed by atoms with Gasteiger partial charge >= 0.3 is 0 Å². The highest BCUT2D eigenvalue weighted by Crippen LogP contribution is 2.32. The summed E-state index contributed by atoms with van der Waals surface area (Å²) in [5, 5.41) is 2.96. The molecule has 1 atom stereocenters. The van der Waals surface area contributed by atoms with Gasteiger partial charge in [0, 0.05) is 45.4 Å². The number of amides is 2. The summed E-state index contributed by atoms with van der Waals surface area (Å²) in [5.41, 5.74) is 4.02. The van der Waals surface area contributed by atoms with Gasteiger partial charge in [0.25, 0.3) is 0 Å². The Labute approximate surface area is 148 Å². The van der Waals surface area contributed by atoms with E-state index in [4.69, 9.17) is 0 Å². The number of para-hydroxylation sites is 1. The highest BCUT2D eigenvalue weighted by Gasteiger charge is 2.36. The number of benzene rings is 2. The molecular weight excluding hydrogens is 314 g/mol. The van der Waals surface area contributed by atoms with Crippen molar-refractivity contribution < 1.29 is 9.59 Å². The molecule has 0 bridgehead atoms. The quantitative estimate of drug-likeness (QED) is 0.932. The second-order valence-corrected chi connectivity index (χ2v) is 6.52. The maximum Gasteiger partial charge on any atom is 0.243 e. The molecule has 0 aromatic heterocycles. The van der Waals surface area contributed by atoms with Gasteiger partial charge in [-0.15, -0.1) is 0 Å². The summed E-state index contributed by atoms with van der Waals surface area (Å²) in [5.74, 6) is -0.233. The first-order valence-corrected chi connectivity index (χ1v) is 8.39. The molecule has 5 nitrogen and oxygen atoms in total. The van der Waals surface area contributed by atoms with E-state index in [0.29, 0.717) is 13.0 Å². The second-order valence-electron chi connectivity index (χ2n) is 6.52. The number of hydrogen-bond donors (Lipinski definition) is 1. The minimum atomic E-state index is -0.476. The molecule has 2 aromatic carbocycles. The monoisotopic (exact) mass is 337 g/mol. The maximum absolute atomic E-state index is 12.7. The van der Waals surface area contributed by atoms with Crippen LogP contribution in [0.4, 0.5) is 11.4 Å². The molecule has 0 spiro atoms. The van der Waals surface area contributed by atoms with Crippen molar-refractivity contribution in [3.8, 4) is 0 Å². The lowest BCUT2D eigenvalue weighted by Crippen LogP contribution is -2.47. The largest absolute Gasteiger partial charge is 0.378 e. The highest BCUT2D eigenvalue weighted by atomic mass is 16.2. The van der Waals surface area contributed by atoms with E-state index in [0.717, 1.165) is 22.5 Å². The van der Waals surface area contributed by atoms with Gasteiger partial charge in [-0.05, 0) is 29.3 Å². The molecular formula is C20H23N3O2. The SMILES string of the molecule is CC(=O)N1c2ccccc2C[C@H]1C(=O)NCc1ccc(N(C)C)cc1. The van der Waals surface area contributed by atoms with Gasteiger partial charge in [0.1, 0.15) is 6.04 Å². The molecule has 0 saturated carbocycles. The first-order chi connectivity index (χ1) is 12.0. The van der Waals surface area contributed by atoms with E-state index in [1.165, 1.54) is 6.92 Å². The van der Waals surface area contributed by atoms with Crippen molar-refractivity contribution in [3.63, 3.8) is 0 Å². The van der Waals surface area contributed by atoms with Crippen LogP contribution in [0.25, 0.3) is 0 Å². The number of nitrogens with one attached hydrogen (secondary N) is 1. The van der Waals surface area contributed by atoms with Crippen LogP contribution in [0.1, 0.15) is 18.1 Å². The van der Waals surface area contributed by atoms with Gasteiger partial charge in [0.2, 0.25) is 11.8 Å². The lowest BCUT2D eigenvalue weighted by molar-refractivity contribution is -0.125. The number of anilines is 2. The van der Waals surface area contributed by atoms with Crippen LogP contribution < -0.4 is 15.1 Å². The van der Waals surface area contributed by atoms with Crippen molar-refractivity contribution in [1.82, 2.24) is 5.32 Å². The Morgan fingerprint density at radius 3 is 2.44 bits per heavy atom. The molecule has 0 saturated heterocycles. The van der Waals surface area contributed by atoms with Crippen molar-refractivity contribution in [2.24, 2.45) is 0 Å². The fraction of sp³-hybridized carbons (Fsp3) is 0.300. The number of carbonyl (C=O) groups is 2. The van der Waals surface area contributed by atoms with Crippen molar-refractivity contribution in [3.05, 3.63) is 59.7 Å². The van der Waals surface area contributed by atoms with E-state index in [9.17, 15) is 9.59 Å². The highest BCUT2D eigenvalue weighted by molar-refractivity contribution is 6.02. The smallest absolute Gasteiger partial charge is 0.243 e. The zero-order valence-corrected chi connectivity index (χ0v) is 14.8. The Morgan fingerprint density at radius 1 is 1.12 bits per heavy atom. The summed E-state index contributed by atoms with van der Waals surface area (Å²) in [6, 6.07) is 15.3. The molecule has 1 N–H and O–H groups in total. The number of rotatable bonds is 4. The first kappa shape index (κ1) is 17.0. The van der Waals surface area contributed by atoms with E-state index in [-0.39, 0.29) is 11.8 Å². The van der Waals surface area contributed by atoms with Gasteiger partial charge in [-0.25, -0.2) is 0 Å². The third-order valence-electron chi connectivity index (χ3n) is 4.54. The third-order valence-corrected chi connectivity index (χ3v) is 4.54. The predicted octanol–water partition coefficient (Wildman–Crippen LogP) is 2.35. The zero-order chi connectivity index (χ0) is 18.0. The number of hydrogen-bond acceptors (Lipinski definition) is 3. The fourth-order valence-electron chi connectivity index (χ4n) is 3.20. The Morgan fingerprint density at radius 2 is 1.80 bits per heavy atom. The van der Waals surface area contributed by atoms with Gasteiger partial charge < -0.3 is 10.2 Å². The van der Waals surface area contributed by atoms with Crippen LogP contribution in [0.3, 0.4) is 0 Å². The van der Waals surface area contributed by atoms with Crippen LogP contribution in [0.2, 0.25) is 0 Å². The van der Waals surface area contributed by atoms with Gasteiger partial charge in [0.05, 0.1) is 0 Å². The normalized spacial score (nSPS) is 15.6. The van der Waals surface area contributed by atoms with Gasteiger partial charge in [-0.3, -0.25) is 14.5 Å². The lowest BCUT2D eigenvalue weighted by Gasteiger charge is -2.23. The van der Waals surface area contributed by atoms with Crippen molar-refractivity contribution in [1.29, 1.82) is 0 Å². The van der Waals surface area contributed by atoms with Crippen LogP contribution in [-0.2, 0) is 22.6 Å². The molecule has 1 aliphatic heterocycles. The fourth-order valence-corrected chi connectivity index (χ4v) is 3.20. The number of carbonyl (C=O) groups excluding carboxylic acids is 2. The second kappa shape index (κ2) is 6.97. The van der Waals surface area contributed by atoms with Crippen LogP contribution in [0.5, 0.6) is 0 Å². The van der Waals surface area contributed by atoms with Crippen molar-refractivity contribution >= 4 is 23.2 Å². The van der Waals surface area contributed by atoms with Gasteiger partial charge in [-0.1, -0.05) is 30.3 Å². The van der Waals surface area contributed by atoms with Gasteiger partial charge in [0.15, 0.2) is 0 Å². The van der Waals surface area contributed by atoms with Crippen LogP contribution in [0, 0.1) is 0 Å². The summed E-state index contributed by atoms with van der Waals surface area (Å²) < 4.78 is 0. The molecule has 25 heavy (non-hydrogen) atoms. The maximum atomic E-state index is 12.7. The summed E-state index contributed by atoms with van der Waals surface area (Å²) in [7, 11) is 3.98.